The molecule has 3 aliphatic carbocycles. The first-order valence-corrected chi connectivity index (χ1v) is 13.9. The van der Waals surface area contributed by atoms with Crippen LogP contribution in [0.4, 0.5) is 19.4 Å². The van der Waals surface area contributed by atoms with Crippen LogP contribution in [0.2, 0.25) is 0 Å². The minimum Gasteiger partial charge on any atom is -0.438 e. The predicted molar refractivity (Wildman–Crippen MR) is 143 cm³/mol. The number of hydrogen-bond donors (Lipinski definition) is 2. The number of carbonyl (C=O) groups is 1. The Kier molecular flexibility index (Phi) is 7.32. The number of thiophene rings is 1. The second kappa shape index (κ2) is 11.0. The van der Waals surface area contributed by atoms with E-state index >= 15 is 4.39 Å². The average molecular weight is 571 g/mol. The summed E-state index contributed by atoms with van der Waals surface area (Å²) < 4.78 is 44.6. The Morgan fingerprint density at radius 1 is 1.15 bits per heavy atom. The Balaban J connectivity index is 1.35. The Bertz CT molecular complexity index is 1530. The van der Waals surface area contributed by atoms with Crippen molar-refractivity contribution in [3.05, 3.63) is 41.2 Å². The summed E-state index contributed by atoms with van der Waals surface area (Å²) in [5.41, 5.74) is 1.18. The lowest BCUT2D eigenvalue weighted by Crippen LogP contribution is -2.47. The third kappa shape index (κ3) is 5.10. The van der Waals surface area contributed by atoms with Crippen molar-refractivity contribution in [1.82, 2.24) is 24.9 Å². The van der Waals surface area contributed by atoms with Gasteiger partial charge >= 0.3 is 6.16 Å². The number of carbonyl (C=O) groups excluding carboxylic acids is 1. The highest BCUT2D eigenvalue weighted by atomic mass is 32.1. The molecule has 0 amide bonds. The number of rotatable bonds is 8. The smallest absolute Gasteiger partial charge is 0.438 e. The summed E-state index contributed by atoms with van der Waals surface area (Å²) >= 11 is 1.29. The predicted octanol–water partition coefficient (Wildman–Crippen LogP) is 5.92. The summed E-state index contributed by atoms with van der Waals surface area (Å²) in [5, 5.41) is 3.44. The molecular weight excluding hydrogens is 542 g/mol. The minimum atomic E-state index is -0.843. The van der Waals surface area contributed by atoms with Crippen molar-refractivity contribution < 1.29 is 27.8 Å². The lowest BCUT2D eigenvalue weighted by Gasteiger charge is -2.47. The molecule has 4 heterocycles. The van der Waals surface area contributed by atoms with Crippen LogP contribution in [0.5, 0.6) is 0 Å². The van der Waals surface area contributed by atoms with Crippen LogP contribution in [-0.2, 0) is 20.8 Å². The van der Waals surface area contributed by atoms with Crippen molar-refractivity contribution in [2.75, 3.05) is 19.2 Å². The summed E-state index contributed by atoms with van der Waals surface area (Å²) in [7, 11) is 1.21. The number of nitrogens with one attached hydrogen (secondary N) is 2. The average Bonchev–Trinajstić information content (AvgIpc) is 3.61. The molecule has 210 valence electrons. The number of anilines is 1. The third-order valence-corrected chi connectivity index (χ3v) is 9.01. The molecule has 0 unspecified atom stereocenters. The van der Waals surface area contributed by atoms with Crippen molar-refractivity contribution in [1.29, 1.82) is 0 Å². The Hall–Kier alpha value is -3.71. The lowest BCUT2D eigenvalue weighted by atomic mass is 9.62. The molecule has 2 N–H and O–H groups in total. The van der Waals surface area contributed by atoms with Gasteiger partial charge in [-0.1, -0.05) is 6.92 Å². The first kappa shape index (κ1) is 26.5. The normalized spacial score (nSPS) is 22.0. The van der Waals surface area contributed by atoms with Crippen LogP contribution in [0.25, 0.3) is 33.1 Å². The van der Waals surface area contributed by atoms with E-state index in [1.54, 1.807) is 18.3 Å². The van der Waals surface area contributed by atoms with Gasteiger partial charge in [-0.3, -0.25) is 0 Å². The van der Waals surface area contributed by atoms with Gasteiger partial charge in [0.1, 0.15) is 11.2 Å². The molecule has 10 nitrogen and oxygen atoms in total. The number of nitrogens with zero attached hydrogens (tertiary/aromatic N) is 4. The molecular formula is C27H28F2N6O4S. The summed E-state index contributed by atoms with van der Waals surface area (Å²) in [6, 6.07) is 3.64. The zero-order valence-corrected chi connectivity index (χ0v) is 22.8. The Morgan fingerprint density at radius 2 is 1.95 bits per heavy atom. The van der Waals surface area contributed by atoms with Gasteiger partial charge in [0.25, 0.3) is 0 Å². The van der Waals surface area contributed by atoms with Gasteiger partial charge in [0.05, 0.1) is 30.4 Å². The summed E-state index contributed by atoms with van der Waals surface area (Å²) in [6.07, 6.45) is 6.43. The fraction of sp³-hybridized carbons (Fsp3) is 0.444. The van der Waals surface area contributed by atoms with E-state index in [0.717, 1.165) is 23.9 Å². The summed E-state index contributed by atoms with van der Waals surface area (Å²) in [5.74, 6) is 0.475. The molecule has 0 spiro atoms. The van der Waals surface area contributed by atoms with Crippen LogP contribution >= 0.6 is 11.3 Å². The van der Waals surface area contributed by atoms with Gasteiger partial charge in [-0.15, -0.1) is 11.3 Å². The lowest BCUT2D eigenvalue weighted by molar-refractivity contribution is -0.0455. The van der Waals surface area contributed by atoms with E-state index < -0.39 is 17.9 Å². The van der Waals surface area contributed by atoms with E-state index in [-0.39, 0.29) is 42.3 Å². The highest BCUT2D eigenvalue weighted by Crippen LogP contribution is 2.46. The maximum Gasteiger partial charge on any atom is 0.510 e. The largest absolute Gasteiger partial charge is 0.510 e. The van der Waals surface area contributed by atoms with Crippen molar-refractivity contribution in [3.8, 4) is 22.0 Å². The van der Waals surface area contributed by atoms with Gasteiger partial charge in [0, 0.05) is 17.1 Å². The molecule has 3 saturated carbocycles. The second-order valence-electron chi connectivity index (χ2n) is 10.2. The van der Waals surface area contributed by atoms with Crippen molar-refractivity contribution >= 4 is 34.5 Å². The molecule has 0 aromatic carbocycles. The van der Waals surface area contributed by atoms with E-state index in [2.05, 4.69) is 41.9 Å². The van der Waals surface area contributed by atoms with Gasteiger partial charge in [-0.05, 0) is 55.6 Å². The number of aromatic amines is 1. The highest BCUT2D eigenvalue weighted by molar-refractivity contribution is 7.15. The van der Waals surface area contributed by atoms with Crippen LogP contribution in [-0.4, -0.2) is 51.0 Å². The van der Waals surface area contributed by atoms with Crippen LogP contribution < -0.4 is 5.32 Å². The Morgan fingerprint density at radius 3 is 2.73 bits per heavy atom. The molecule has 0 radical (unpaired) electrons. The van der Waals surface area contributed by atoms with Crippen molar-refractivity contribution in [3.63, 3.8) is 0 Å². The maximum atomic E-state index is 16.1. The van der Waals surface area contributed by atoms with Crippen molar-refractivity contribution in [2.45, 2.75) is 45.3 Å². The highest BCUT2D eigenvalue weighted by Gasteiger charge is 2.41. The van der Waals surface area contributed by atoms with Gasteiger partial charge in [-0.25, -0.2) is 29.1 Å². The molecule has 4 aromatic rings. The van der Waals surface area contributed by atoms with Gasteiger partial charge < -0.3 is 24.5 Å². The number of H-pyrrole nitrogens is 1. The molecule has 40 heavy (non-hydrogen) atoms. The van der Waals surface area contributed by atoms with Gasteiger partial charge in [-0.2, -0.15) is 4.39 Å². The fourth-order valence-electron chi connectivity index (χ4n) is 5.90. The van der Waals surface area contributed by atoms with Crippen LogP contribution in [0, 0.1) is 29.5 Å². The van der Waals surface area contributed by atoms with Crippen LogP contribution in [0.3, 0.4) is 0 Å². The number of halogens is 2. The van der Waals surface area contributed by atoms with E-state index in [9.17, 15) is 9.18 Å². The topological polar surface area (TPSA) is 124 Å². The fourth-order valence-corrected chi connectivity index (χ4v) is 6.83. The SMILES string of the molecule is COC(=O)OCOCc1ccc(-c2nc(-c3c[nH]c4ncc(F)nc34)nc(N[C@H]3C4CCC(CC4)[C@@H]3C)c2F)s1. The molecule has 13 heteroatoms. The van der Waals surface area contributed by atoms with Gasteiger partial charge in [0.15, 0.2) is 29.9 Å². The third-order valence-electron chi connectivity index (χ3n) is 7.95. The summed E-state index contributed by atoms with van der Waals surface area (Å²) in [4.78, 5) is 32.6. The first-order chi connectivity index (χ1) is 19.4. The number of methoxy groups -OCH3 is 1. The van der Waals surface area contributed by atoms with E-state index in [1.807, 2.05) is 0 Å². The first-order valence-electron chi connectivity index (χ1n) is 13.1. The molecule has 7 rings (SSSR count). The standard InChI is InChI=1S/C27H28F2N6O4S/c1-13-14-3-5-15(6-4-14)21(13)33-25-20(29)23(18-8-7-16(40-18)11-38-12-39-27(36)37-2)34-24(35-25)17-9-30-26-22(17)32-19(28)10-31-26/h7-10,13-15,21H,3-6,11-12H2,1-2H3,(H,30,31)(H,33,34,35)/t13-,14?,15?,21+/m0/s1. The number of ether oxygens (including phenoxy) is 3. The zero-order chi connectivity index (χ0) is 27.8. The molecule has 2 bridgehead atoms. The molecule has 3 aliphatic rings. The van der Waals surface area contributed by atoms with Crippen LogP contribution in [0.1, 0.15) is 37.5 Å². The summed E-state index contributed by atoms with van der Waals surface area (Å²) in [6.45, 7) is 2.09. The monoisotopic (exact) mass is 570 g/mol. The van der Waals surface area contributed by atoms with E-state index in [0.29, 0.717) is 33.8 Å². The number of fused-ring (bicyclic) bond motifs is 4. The Labute approximate surface area is 232 Å². The molecule has 4 aromatic heterocycles. The van der Waals surface area contributed by atoms with Crippen LogP contribution in [0.15, 0.2) is 24.5 Å². The second-order valence-corrected chi connectivity index (χ2v) is 11.4. The molecule has 2 atom stereocenters. The molecule has 3 fully saturated rings. The van der Waals surface area contributed by atoms with Crippen molar-refractivity contribution in [2.24, 2.45) is 17.8 Å². The number of hydrogen-bond acceptors (Lipinski definition) is 10. The minimum absolute atomic E-state index is 0.0971. The molecule has 0 saturated heterocycles. The van der Waals surface area contributed by atoms with E-state index in [1.165, 1.54) is 31.3 Å². The zero-order valence-electron chi connectivity index (χ0n) is 21.9. The maximum absolute atomic E-state index is 16.1. The van der Waals surface area contributed by atoms with E-state index in [4.69, 9.17) is 9.47 Å². The number of aromatic nitrogens is 5. The van der Waals surface area contributed by atoms with Gasteiger partial charge in [0.2, 0.25) is 5.95 Å². The molecule has 0 aliphatic heterocycles. The quantitative estimate of drug-likeness (QED) is 0.151.